The molecular weight excluding hydrogens is 166 g/mol. The third-order valence-corrected chi connectivity index (χ3v) is 2.37. The average molecular weight is 179 g/mol. The van der Waals surface area contributed by atoms with Crippen LogP contribution in [0.1, 0.15) is 5.56 Å². The molecule has 2 N–H and O–H groups in total. The maximum Gasteiger partial charge on any atom is 0.142 e. The topological polar surface area (TPSA) is 41.5 Å². The van der Waals surface area contributed by atoms with Gasteiger partial charge in [-0.2, -0.15) is 0 Å². The largest absolute Gasteiger partial charge is 0.495 e. The molecule has 1 heterocycles. The van der Waals surface area contributed by atoms with E-state index < -0.39 is 0 Å². The highest BCUT2D eigenvalue weighted by Crippen LogP contribution is 2.34. The lowest BCUT2D eigenvalue weighted by Crippen LogP contribution is -2.19. The quantitative estimate of drug-likeness (QED) is 0.712. The van der Waals surface area contributed by atoms with Crippen LogP contribution in [0.15, 0.2) is 18.2 Å². The van der Waals surface area contributed by atoms with Crippen molar-refractivity contribution in [2.75, 3.05) is 19.0 Å². The van der Waals surface area contributed by atoms with Gasteiger partial charge in [-0.05, 0) is 18.1 Å². The van der Waals surface area contributed by atoms with Gasteiger partial charge in [0.1, 0.15) is 5.75 Å². The van der Waals surface area contributed by atoms with E-state index in [0.717, 1.165) is 17.9 Å². The minimum atomic E-state index is 0.145. The number of nitrogens with one attached hydrogen (secondary N) is 1. The average Bonchev–Trinajstić information content (AvgIpc) is 2.59. The van der Waals surface area contributed by atoms with Crippen LogP contribution in [0.25, 0.3) is 0 Å². The Morgan fingerprint density at radius 2 is 2.46 bits per heavy atom. The van der Waals surface area contributed by atoms with Crippen molar-refractivity contribution >= 4 is 5.69 Å². The second-order valence-electron chi connectivity index (χ2n) is 3.22. The number of rotatable bonds is 2. The zero-order valence-corrected chi connectivity index (χ0v) is 7.58. The highest BCUT2D eigenvalue weighted by molar-refractivity contribution is 5.66. The monoisotopic (exact) mass is 179 g/mol. The Hall–Kier alpha value is -1.22. The lowest BCUT2D eigenvalue weighted by Gasteiger charge is -2.08. The molecule has 0 aliphatic carbocycles. The summed E-state index contributed by atoms with van der Waals surface area (Å²) in [6.45, 7) is 0.165. The number of aliphatic hydroxyl groups is 1. The lowest BCUT2D eigenvalue weighted by atomic mass is 10.1. The molecule has 0 saturated heterocycles. The zero-order valence-electron chi connectivity index (χ0n) is 7.58. The first-order valence-corrected chi connectivity index (χ1v) is 4.38. The molecular formula is C10H13NO2. The van der Waals surface area contributed by atoms with Gasteiger partial charge in [0, 0.05) is 0 Å². The summed E-state index contributed by atoms with van der Waals surface area (Å²) in [5, 5.41) is 12.2. The standard InChI is InChI=1S/C10H13NO2/c1-13-9-4-2-3-7-5-8(6-12)11-10(7)9/h2-4,8,11-12H,5-6H2,1H3/t8-/m0/s1. The van der Waals surface area contributed by atoms with Gasteiger partial charge in [0.05, 0.1) is 25.4 Å². The van der Waals surface area contributed by atoms with Crippen molar-refractivity contribution < 1.29 is 9.84 Å². The summed E-state index contributed by atoms with van der Waals surface area (Å²) in [5.74, 6) is 0.855. The van der Waals surface area contributed by atoms with E-state index in [0.29, 0.717) is 0 Å². The second-order valence-corrected chi connectivity index (χ2v) is 3.22. The molecule has 3 heteroatoms. The normalized spacial score (nSPS) is 19.4. The highest BCUT2D eigenvalue weighted by atomic mass is 16.5. The molecule has 0 aromatic heterocycles. The molecule has 0 amide bonds. The van der Waals surface area contributed by atoms with Crippen LogP contribution in [0.2, 0.25) is 0 Å². The van der Waals surface area contributed by atoms with Crippen LogP contribution in [0, 0.1) is 0 Å². The van der Waals surface area contributed by atoms with Gasteiger partial charge in [-0.15, -0.1) is 0 Å². The molecule has 1 aromatic rings. The summed E-state index contributed by atoms with van der Waals surface area (Å²) in [6, 6.07) is 6.09. The predicted molar refractivity (Wildman–Crippen MR) is 51.2 cm³/mol. The predicted octanol–water partition coefficient (Wildman–Crippen LogP) is 1.02. The summed E-state index contributed by atoms with van der Waals surface area (Å²) in [4.78, 5) is 0. The van der Waals surface area contributed by atoms with Crippen LogP contribution in [0.5, 0.6) is 5.75 Å². The summed E-state index contributed by atoms with van der Waals surface area (Å²) in [5.41, 5.74) is 2.25. The number of para-hydroxylation sites is 1. The van der Waals surface area contributed by atoms with Crippen molar-refractivity contribution in [1.82, 2.24) is 0 Å². The summed E-state index contributed by atoms with van der Waals surface area (Å²) in [7, 11) is 1.66. The SMILES string of the molecule is COc1cccc2c1N[C@H](CO)C2. The van der Waals surface area contributed by atoms with Gasteiger partial charge in [0.2, 0.25) is 0 Å². The molecule has 0 unspecified atom stereocenters. The molecule has 0 bridgehead atoms. The molecule has 1 aliphatic rings. The van der Waals surface area contributed by atoms with E-state index in [-0.39, 0.29) is 12.6 Å². The molecule has 2 rings (SSSR count). The fourth-order valence-corrected chi connectivity index (χ4v) is 1.71. The Morgan fingerprint density at radius 1 is 1.62 bits per heavy atom. The Labute approximate surface area is 77.3 Å². The van der Waals surface area contributed by atoms with Gasteiger partial charge in [-0.25, -0.2) is 0 Å². The van der Waals surface area contributed by atoms with E-state index in [9.17, 15) is 0 Å². The molecule has 0 spiro atoms. The summed E-state index contributed by atoms with van der Waals surface area (Å²) >= 11 is 0. The molecule has 0 radical (unpaired) electrons. The first-order valence-electron chi connectivity index (χ1n) is 4.38. The molecule has 1 aromatic carbocycles. The first kappa shape index (κ1) is 8.38. The third-order valence-electron chi connectivity index (χ3n) is 2.37. The van der Waals surface area contributed by atoms with Gasteiger partial charge >= 0.3 is 0 Å². The van der Waals surface area contributed by atoms with Gasteiger partial charge in [-0.1, -0.05) is 12.1 Å². The minimum Gasteiger partial charge on any atom is -0.495 e. The van der Waals surface area contributed by atoms with E-state index in [4.69, 9.17) is 9.84 Å². The van der Waals surface area contributed by atoms with Gasteiger partial charge < -0.3 is 15.2 Å². The van der Waals surface area contributed by atoms with Crippen molar-refractivity contribution in [1.29, 1.82) is 0 Å². The van der Waals surface area contributed by atoms with Crippen LogP contribution < -0.4 is 10.1 Å². The fourth-order valence-electron chi connectivity index (χ4n) is 1.71. The smallest absolute Gasteiger partial charge is 0.142 e. The number of aliphatic hydroxyl groups excluding tert-OH is 1. The third kappa shape index (κ3) is 1.35. The molecule has 13 heavy (non-hydrogen) atoms. The molecule has 1 aliphatic heterocycles. The summed E-state index contributed by atoms with van der Waals surface area (Å²) in [6.07, 6.45) is 0.878. The Balaban J connectivity index is 2.33. The van der Waals surface area contributed by atoms with Crippen LogP contribution in [0.3, 0.4) is 0 Å². The molecule has 1 atom stereocenters. The van der Waals surface area contributed by atoms with E-state index in [2.05, 4.69) is 11.4 Å². The van der Waals surface area contributed by atoms with Crippen molar-refractivity contribution in [3.05, 3.63) is 23.8 Å². The second kappa shape index (κ2) is 3.26. The Morgan fingerprint density at radius 3 is 3.15 bits per heavy atom. The lowest BCUT2D eigenvalue weighted by molar-refractivity contribution is 0.277. The fraction of sp³-hybridized carbons (Fsp3) is 0.400. The molecule has 0 saturated carbocycles. The maximum atomic E-state index is 9.00. The number of methoxy groups -OCH3 is 1. The van der Waals surface area contributed by atoms with E-state index in [1.54, 1.807) is 7.11 Å². The van der Waals surface area contributed by atoms with Crippen molar-refractivity contribution in [3.63, 3.8) is 0 Å². The number of hydrogen-bond donors (Lipinski definition) is 2. The van der Waals surface area contributed by atoms with Crippen molar-refractivity contribution in [3.8, 4) is 5.75 Å². The number of benzene rings is 1. The molecule has 0 fully saturated rings. The first-order chi connectivity index (χ1) is 6.35. The van der Waals surface area contributed by atoms with Gasteiger partial charge in [-0.3, -0.25) is 0 Å². The minimum absolute atomic E-state index is 0.145. The Bertz CT molecular complexity index is 312. The number of fused-ring (bicyclic) bond motifs is 1. The van der Waals surface area contributed by atoms with E-state index in [1.807, 2.05) is 12.1 Å². The van der Waals surface area contributed by atoms with Gasteiger partial charge in [0.15, 0.2) is 0 Å². The van der Waals surface area contributed by atoms with Crippen LogP contribution in [-0.2, 0) is 6.42 Å². The highest BCUT2D eigenvalue weighted by Gasteiger charge is 2.22. The van der Waals surface area contributed by atoms with Crippen molar-refractivity contribution in [2.45, 2.75) is 12.5 Å². The molecule has 3 nitrogen and oxygen atoms in total. The zero-order chi connectivity index (χ0) is 9.26. The summed E-state index contributed by atoms with van der Waals surface area (Å²) < 4.78 is 5.21. The maximum absolute atomic E-state index is 9.00. The van der Waals surface area contributed by atoms with Crippen molar-refractivity contribution in [2.24, 2.45) is 0 Å². The number of hydrogen-bond acceptors (Lipinski definition) is 3. The van der Waals surface area contributed by atoms with Crippen LogP contribution in [-0.4, -0.2) is 24.9 Å². The molecule has 70 valence electrons. The number of ether oxygens (including phenoxy) is 1. The Kier molecular flexibility index (Phi) is 2.10. The van der Waals surface area contributed by atoms with Crippen LogP contribution in [0.4, 0.5) is 5.69 Å². The van der Waals surface area contributed by atoms with Crippen LogP contribution >= 0.6 is 0 Å². The van der Waals surface area contributed by atoms with E-state index in [1.165, 1.54) is 5.56 Å². The van der Waals surface area contributed by atoms with Gasteiger partial charge in [0.25, 0.3) is 0 Å². The number of anilines is 1. The van der Waals surface area contributed by atoms with E-state index >= 15 is 0 Å².